The van der Waals surface area contributed by atoms with Crippen molar-refractivity contribution in [3.8, 4) is 0 Å². The van der Waals surface area contributed by atoms with E-state index in [9.17, 15) is 18.0 Å². The summed E-state index contributed by atoms with van der Waals surface area (Å²) in [5, 5.41) is 2.76. The first-order valence-corrected chi connectivity index (χ1v) is 8.54. The molecule has 1 aromatic carbocycles. The Hall–Kier alpha value is -2.57. The third-order valence-electron chi connectivity index (χ3n) is 4.63. The molecule has 0 radical (unpaired) electrons. The number of pyridine rings is 1. The number of nitrogens with zero attached hydrogens (tertiary/aromatic N) is 2. The van der Waals surface area contributed by atoms with Crippen LogP contribution in [0.3, 0.4) is 0 Å². The summed E-state index contributed by atoms with van der Waals surface area (Å²) in [4.78, 5) is 18.5. The molecule has 0 bridgehead atoms. The highest BCUT2D eigenvalue weighted by Crippen LogP contribution is 2.29. The number of rotatable bonds is 4. The van der Waals surface area contributed by atoms with E-state index in [0.29, 0.717) is 12.5 Å². The molecule has 26 heavy (non-hydrogen) atoms. The second-order valence-electron chi connectivity index (χ2n) is 6.43. The van der Waals surface area contributed by atoms with Gasteiger partial charge in [0.15, 0.2) is 0 Å². The quantitative estimate of drug-likeness (QED) is 0.900. The summed E-state index contributed by atoms with van der Waals surface area (Å²) in [5.41, 5.74) is 0.307. The highest BCUT2D eigenvalue weighted by atomic mass is 19.4. The number of benzene rings is 1. The number of aromatic nitrogens is 1. The van der Waals surface area contributed by atoms with Crippen LogP contribution in [0.4, 0.5) is 18.9 Å². The monoisotopic (exact) mass is 363 g/mol. The van der Waals surface area contributed by atoms with Crippen LogP contribution in [0.15, 0.2) is 48.8 Å². The van der Waals surface area contributed by atoms with Crippen molar-refractivity contribution >= 4 is 11.6 Å². The van der Waals surface area contributed by atoms with Gasteiger partial charge in [-0.2, -0.15) is 13.2 Å². The van der Waals surface area contributed by atoms with E-state index < -0.39 is 17.6 Å². The van der Waals surface area contributed by atoms with Crippen LogP contribution >= 0.6 is 0 Å². The standard InChI is InChI=1S/C19H20F3N3O/c20-19(21,22)16-4-1-3-15(11-16)18(26)24-12-14-6-9-25(10-7-14)17-5-2-8-23-13-17/h1-5,8,11,13-14H,6-7,9-10,12H2,(H,24,26). The Labute approximate surface area is 150 Å². The molecule has 1 aliphatic rings. The lowest BCUT2D eigenvalue weighted by Gasteiger charge is -2.33. The molecule has 2 aromatic rings. The Morgan fingerprint density at radius 3 is 2.62 bits per heavy atom. The van der Waals surface area contributed by atoms with Gasteiger partial charge in [0.25, 0.3) is 5.91 Å². The summed E-state index contributed by atoms with van der Waals surface area (Å²) in [6.45, 7) is 2.21. The molecule has 0 aliphatic carbocycles. The van der Waals surface area contributed by atoms with Gasteiger partial charge in [-0.3, -0.25) is 9.78 Å². The first-order valence-electron chi connectivity index (χ1n) is 8.54. The molecular weight excluding hydrogens is 343 g/mol. The Morgan fingerprint density at radius 2 is 1.96 bits per heavy atom. The molecule has 4 nitrogen and oxygen atoms in total. The molecule has 0 spiro atoms. The number of hydrogen-bond donors (Lipinski definition) is 1. The predicted molar refractivity (Wildman–Crippen MR) is 93.0 cm³/mol. The van der Waals surface area contributed by atoms with Gasteiger partial charge in [-0.1, -0.05) is 6.07 Å². The molecule has 0 unspecified atom stereocenters. The van der Waals surface area contributed by atoms with E-state index in [4.69, 9.17) is 0 Å². The first-order chi connectivity index (χ1) is 12.4. The number of alkyl halides is 3. The Morgan fingerprint density at radius 1 is 1.19 bits per heavy atom. The highest BCUT2D eigenvalue weighted by molar-refractivity contribution is 5.94. The maximum absolute atomic E-state index is 12.7. The van der Waals surface area contributed by atoms with Crippen LogP contribution in [0.1, 0.15) is 28.8 Å². The molecule has 0 atom stereocenters. The average Bonchev–Trinajstić information content (AvgIpc) is 2.66. The van der Waals surface area contributed by atoms with Crippen molar-refractivity contribution in [2.45, 2.75) is 19.0 Å². The second-order valence-corrected chi connectivity index (χ2v) is 6.43. The number of carbonyl (C=O) groups excluding carboxylic acids is 1. The third-order valence-corrected chi connectivity index (χ3v) is 4.63. The van der Waals surface area contributed by atoms with Crippen LogP contribution in [0.5, 0.6) is 0 Å². The Kier molecular flexibility index (Phi) is 5.44. The minimum atomic E-state index is -4.45. The molecule has 1 aromatic heterocycles. The van der Waals surface area contributed by atoms with Crippen molar-refractivity contribution in [1.82, 2.24) is 10.3 Å². The fourth-order valence-corrected chi connectivity index (χ4v) is 3.11. The van der Waals surface area contributed by atoms with Crippen LogP contribution in [0.2, 0.25) is 0 Å². The molecule has 1 amide bonds. The van der Waals surface area contributed by atoms with Gasteiger partial charge in [-0.05, 0) is 49.1 Å². The lowest BCUT2D eigenvalue weighted by molar-refractivity contribution is -0.137. The van der Waals surface area contributed by atoms with Gasteiger partial charge in [-0.15, -0.1) is 0 Å². The van der Waals surface area contributed by atoms with Crippen molar-refractivity contribution in [2.75, 3.05) is 24.5 Å². The number of piperidine rings is 1. The molecule has 2 heterocycles. The van der Waals surface area contributed by atoms with Crippen molar-refractivity contribution in [2.24, 2.45) is 5.92 Å². The number of hydrogen-bond acceptors (Lipinski definition) is 3. The van der Waals surface area contributed by atoms with Crippen LogP contribution < -0.4 is 10.2 Å². The van der Waals surface area contributed by atoms with Gasteiger partial charge in [0.2, 0.25) is 0 Å². The first kappa shape index (κ1) is 18.2. The van der Waals surface area contributed by atoms with E-state index in [-0.39, 0.29) is 5.56 Å². The zero-order valence-electron chi connectivity index (χ0n) is 14.2. The maximum atomic E-state index is 12.7. The topological polar surface area (TPSA) is 45.2 Å². The molecule has 1 fully saturated rings. The van der Waals surface area contributed by atoms with Crippen LogP contribution in [-0.4, -0.2) is 30.5 Å². The summed E-state index contributed by atoms with van der Waals surface area (Å²) < 4.78 is 38.2. The van der Waals surface area contributed by atoms with Crippen molar-refractivity contribution in [1.29, 1.82) is 0 Å². The molecular formula is C19H20F3N3O. The van der Waals surface area contributed by atoms with E-state index in [1.807, 2.05) is 18.3 Å². The van der Waals surface area contributed by atoms with Crippen molar-refractivity contribution < 1.29 is 18.0 Å². The Bertz CT molecular complexity index is 741. The molecule has 1 saturated heterocycles. The Balaban J connectivity index is 1.50. The molecule has 1 aliphatic heterocycles. The minimum absolute atomic E-state index is 0.0348. The third kappa shape index (κ3) is 4.53. The van der Waals surface area contributed by atoms with Crippen LogP contribution in [-0.2, 0) is 6.18 Å². The SMILES string of the molecule is O=C(NCC1CCN(c2cccnc2)CC1)c1cccc(C(F)(F)F)c1. The highest BCUT2D eigenvalue weighted by Gasteiger charge is 2.31. The number of halogens is 3. The summed E-state index contributed by atoms with van der Waals surface area (Å²) in [5.74, 6) is -0.150. The van der Waals surface area contributed by atoms with Gasteiger partial charge in [0, 0.05) is 31.4 Å². The summed E-state index contributed by atoms with van der Waals surface area (Å²) in [6, 6.07) is 8.42. The van der Waals surface area contributed by atoms with Crippen molar-refractivity contribution in [3.05, 3.63) is 59.9 Å². The van der Waals surface area contributed by atoms with Crippen LogP contribution in [0.25, 0.3) is 0 Å². The van der Waals surface area contributed by atoms with E-state index >= 15 is 0 Å². The fraction of sp³-hybridized carbons (Fsp3) is 0.368. The molecule has 1 N–H and O–H groups in total. The number of nitrogens with one attached hydrogen (secondary N) is 1. The molecule has 7 heteroatoms. The number of amides is 1. The molecule has 3 rings (SSSR count). The largest absolute Gasteiger partial charge is 0.416 e. The normalized spacial score (nSPS) is 15.7. The van der Waals surface area contributed by atoms with Crippen LogP contribution in [0, 0.1) is 5.92 Å². The fourth-order valence-electron chi connectivity index (χ4n) is 3.11. The minimum Gasteiger partial charge on any atom is -0.370 e. The van der Waals surface area contributed by atoms with Gasteiger partial charge in [-0.25, -0.2) is 0 Å². The zero-order chi connectivity index (χ0) is 18.6. The smallest absolute Gasteiger partial charge is 0.370 e. The second kappa shape index (κ2) is 7.76. The van der Waals surface area contributed by atoms with E-state index in [1.165, 1.54) is 12.1 Å². The predicted octanol–water partition coefficient (Wildman–Crippen LogP) is 3.75. The van der Waals surface area contributed by atoms with Gasteiger partial charge < -0.3 is 10.2 Å². The van der Waals surface area contributed by atoms with E-state index in [0.717, 1.165) is 43.8 Å². The zero-order valence-corrected chi connectivity index (χ0v) is 14.2. The summed E-state index contributed by atoms with van der Waals surface area (Å²) in [7, 11) is 0. The average molecular weight is 363 g/mol. The lowest BCUT2D eigenvalue weighted by atomic mass is 9.96. The number of anilines is 1. The summed E-state index contributed by atoms with van der Waals surface area (Å²) >= 11 is 0. The van der Waals surface area contributed by atoms with Crippen molar-refractivity contribution in [3.63, 3.8) is 0 Å². The van der Waals surface area contributed by atoms with Gasteiger partial charge in [0.05, 0.1) is 17.4 Å². The summed E-state index contributed by atoms with van der Waals surface area (Å²) in [6.07, 6.45) is 0.945. The maximum Gasteiger partial charge on any atom is 0.416 e. The van der Waals surface area contributed by atoms with Gasteiger partial charge in [0.1, 0.15) is 0 Å². The van der Waals surface area contributed by atoms with E-state index in [1.54, 1.807) is 6.20 Å². The lowest BCUT2D eigenvalue weighted by Crippen LogP contribution is -2.38. The number of carbonyl (C=O) groups is 1. The molecule has 0 saturated carbocycles. The molecule has 138 valence electrons. The van der Waals surface area contributed by atoms with Gasteiger partial charge >= 0.3 is 6.18 Å². The van der Waals surface area contributed by atoms with E-state index in [2.05, 4.69) is 15.2 Å².